The first-order chi connectivity index (χ1) is 19.0. The summed E-state index contributed by atoms with van der Waals surface area (Å²) < 4.78 is 1.96. The van der Waals surface area contributed by atoms with Crippen LogP contribution in [0.3, 0.4) is 0 Å². The minimum Gasteiger partial charge on any atom is -0.481 e. The third kappa shape index (κ3) is 6.34. The van der Waals surface area contributed by atoms with Gasteiger partial charge in [0.05, 0.1) is 17.9 Å². The minimum atomic E-state index is -0.931. The molecule has 2 atom stereocenters. The molecule has 200 valence electrons. The van der Waals surface area contributed by atoms with Crippen LogP contribution in [0.15, 0.2) is 91.5 Å². The summed E-state index contributed by atoms with van der Waals surface area (Å²) in [5.41, 5.74) is 8.94. The molecular formula is C31H33N5O3. The molecule has 1 aliphatic rings. The first-order valence-corrected chi connectivity index (χ1v) is 13.3. The van der Waals surface area contributed by atoms with Gasteiger partial charge in [0.15, 0.2) is 0 Å². The van der Waals surface area contributed by atoms with Crippen molar-refractivity contribution < 1.29 is 14.7 Å². The second kappa shape index (κ2) is 11.9. The lowest BCUT2D eigenvalue weighted by Crippen LogP contribution is -2.43. The molecule has 0 bridgehead atoms. The molecule has 2 aromatic heterocycles. The van der Waals surface area contributed by atoms with Crippen molar-refractivity contribution in [3.63, 3.8) is 0 Å². The number of likely N-dealkylation sites (tertiary alicyclic amines) is 1. The van der Waals surface area contributed by atoms with Crippen molar-refractivity contribution in [2.45, 2.75) is 37.6 Å². The van der Waals surface area contributed by atoms with Gasteiger partial charge in [0.2, 0.25) is 5.91 Å². The summed E-state index contributed by atoms with van der Waals surface area (Å²) in [5.74, 6) is -1.29. The highest BCUT2D eigenvalue weighted by atomic mass is 16.4. The normalized spacial score (nSPS) is 16.2. The van der Waals surface area contributed by atoms with Crippen molar-refractivity contribution in [3.8, 4) is 0 Å². The van der Waals surface area contributed by atoms with E-state index in [4.69, 9.17) is 5.73 Å². The molecule has 39 heavy (non-hydrogen) atoms. The van der Waals surface area contributed by atoms with Gasteiger partial charge in [0.1, 0.15) is 11.7 Å². The molecule has 0 aliphatic carbocycles. The number of aliphatic carboxylic acids is 1. The number of carbonyl (C=O) groups is 2. The van der Waals surface area contributed by atoms with Crippen LogP contribution in [0.1, 0.15) is 47.1 Å². The predicted molar refractivity (Wildman–Crippen MR) is 149 cm³/mol. The number of nitrogen functional groups attached to an aromatic ring is 1. The van der Waals surface area contributed by atoms with Gasteiger partial charge in [0, 0.05) is 32.0 Å². The van der Waals surface area contributed by atoms with Crippen LogP contribution in [0.2, 0.25) is 0 Å². The predicted octanol–water partition coefficient (Wildman–Crippen LogP) is 4.34. The van der Waals surface area contributed by atoms with E-state index in [0.29, 0.717) is 24.6 Å². The number of benzene rings is 2. The zero-order valence-corrected chi connectivity index (χ0v) is 21.8. The van der Waals surface area contributed by atoms with Crippen LogP contribution < -0.4 is 5.73 Å². The molecule has 2 aromatic carbocycles. The largest absolute Gasteiger partial charge is 0.481 e. The SMILES string of the molecule is Nc1ccc(CC(C(=O)O)c2cn(CC3CCCN(C(=O)C(c4ccccc4)c4ccccc4)C3)cn2)cn1. The lowest BCUT2D eigenvalue weighted by molar-refractivity contribution is -0.139. The van der Waals surface area contributed by atoms with Gasteiger partial charge in [0.25, 0.3) is 0 Å². The summed E-state index contributed by atoms with van der Waals surface area (Å²) >= 11 is 0. The highest BCUT2D eigenvalue weighted by Gasteiger charge is 2.31. The third-order valence-electron chi connectivity index (χ3n) is 7.41. The molecule has 2 unspecified atom stereocenters. The molecule has 5 rings (SSSR count). The smallest absolute Gasteiger partial charge is 0.312 e. The first kappa shape index (κ1) is 26.2. The van der Waals surface area contributed by atoms with E-state index in [1.165, 1.54) is 0 Å². The number of hydrogen-bond acceptors (Lipinski definition) is 5. The molecule has 3 N–H and O–H groups in total. The number of imidazole rings is 1. The summed E-state index contributed by atoms with van der Waals surface area (Å²) in [7, 11) is 0. The summed E-state index contributed by atoms with van der Waals surface area (Å²) in [6.45, 7) is 2.06. The number of hydrogen-bond donors (Lipinski definition) is 2. The Balaban J connectivity index is 1.28. The Hall–Kier alpha value is -4.46. The molecule has 1 aliphatic heterocycles. The van der Waals surface area contributed by atoms with Gasteiger partial charge in [-0.15, -0.1) is 0 Å². The van der Waals surface area contributed by atoms with E-state index in [1.807, 2.05) is 76.3 Å². The average molecular weight is 524 g/mol. The highest BCUT2D eigenvalue weighted by molar-refractivity contribution is 5.87. The molecule has 8 nitrogen and oxygen atoms in total. The third-order valence-corrected chi connectivity index (χ3v) is 7.41. The van der Waals surface area contributed by atoms with E-state index in [9.17, 15) is 14.7 Å². The number of amides is 1. The quantitative estimate of drug-likeness (QED) is 0.337. The number of nitrogens with two attached hydrogens (primary N) is 1. The van der Waals surface area contributed by atoms with Crippen molar-refractivity contribution in [2.24, 2.45) is 5.92 Å². The maximum absolute atomic E-state index is 13.9. The fourth-order valence-electron chi connectivity index (χ4n) is 5.43. The first-order valence-electron chi connectivity index (χ1n) is 13.3. The van der Waals surface area contributed by atoms with Gasteiger partial charge in [-0.3, -0.25) is 9.59 Å². The second-order valence-electron chi connectivity index (χ2n) is 10.2. The summed E-state index contributed by atoms with van der Waals surface area (Å²) in [6.07, 6.45) is 7.33. The van der Waals surface area contributed by atoms with Crippen LogP contribution in [0.5, 0.6) is 0 Å². The van der Waals surface area contributed by atoms with Crippen molar-refractivity contribution in [1.82, 2.24) is 19.4 Å². The lowest BCUT2D eigenvalue weighted by atomic mass is 9.88. The fraction of sp³-hybridized carbons (Fsp3) is 0.290. The monoisotopic (exact) mass is 523 g/mol. The summed E-state index contributed by atoms with van der Waals surface area (Å²) in [4.78, 5) is 36.4. The second-order valence-corrected chi connectivity index (χ2v) is 10.2. The van der Waals surface area contributed by atoms with Crippen LogP contribution in [0, 0.1) is 5.92 Å². The molecule has 3 heterocycles. The standard InChI is InChI=1S/C31H33N5O3/c32-28-14-13-22(17-33-28)16-26(31(38)39)27-20-35(21-34-27)18-23-8-7-15-36(19-23)30(37)29(24-9-3-1-4-10-24)25-11-5-2-6-12-25/h1-6,9-14,17,20-21,23,26,29H,7-8,15-16,18-19H2,(H2,32,33)(H,38,39). The van der Waals surface area contributed by atoms with Crippen LogP contribution in [-0.4, -0.2) is 49.5 Å². The number of pyridine rings is 1. The molecule has 1 fully saturated rings. The van der Waals surface area contributed by atoms with Gasteiger partial charge < -0.3 is 20.3 Å². The molecular weight excluding hydrogens is 490 g/mol. The zero-order valence-electron chi connectivity index (χ0n) is 21.8. The van der Waals surface area contributed by atoms with Crippen molar-refractivity contribution in [1.29, 1.82) is 0 Å². The average Bonchev–Trinajstić information content (AvgIpc) is 3.42. The number of carboxylic acid groups (broad SMARTS) is 1. The molecule has 4 aromatic rings. The Morgan fingerprint density at radius 2 is 1.67 bits per heavy atom. The Labute approximate surface area is 228 Å². The molecule has 1 amide bonds. The molecule has 1 saturated heterocycles. The van der Waals surface area contributed by atoms with E-state index < -0.39 is 11.9 Å². The zero-order chi connectivity index (χ0) is 27.2. The van der Waals surface area contributed by atoms with Crippen molar-refractivity contribution >= 4 is 17.7 Å². The van der Waals surface area contributed by atoms with Crippen molar-refractivity contribution in [2.75, 3.05) is 18.8 Å². The number of piperidine rings is 1. The van der Waals surface area contributed by atoms with E-state index in [-0.39, 0.29) is 24.2 Å². The van der Waals surface area contributed by atoms with E-state index in [0.717, 1.165) is 36.1 Å². The number of carbonyl (C=O) groups excluding carboxylic acids is 1. The van der Waals surface area contributed by atoms with E-state index in [1.54, 1.807) is 24.7 Å². The van der Waals surface area contributed by atoms with Crippen molar-refractivity contribution in [3.05, 3.63) is 114 Å². The molecule has 0 spiro atoms. The van der Waals surface area contributed by atoms with Gasteiger partial charge in [-0.2, -0.15) is 0 Å². The Kier molecular flexibility index (Phi) is 8.01. The van der Waals surface area contributed by atoms with Gasteiger partial charge >= 0.3 is 5.97 Å². The maximum atomic E-state index is 13.9. The van der Waals surface area contributed by atoms with Crippen LogP contribution in [0.4, 0.5) is 5.82 Å². The van der Waals surface area contributed by atoms with Gasteiger partial charge in [-0.05, 0) is 47.9 Å². The number of aromatic nitrogens is 3. The Morgan fingerprint density at radius 3 is 2.28 bits per heavy atom. The number of rotatable bonds is 9. The Bertz CT molecular complexity index is 1350. The van der Waals surface area contributed by atoms with Gasteiger partial charge in [-0.1, -0.05) is 66.7 Å². The Morgan fingerprint density at radius 1 is 0.974 bits per heavy atom. The minimum absolute atomic E-state index is 0.117. The maximum Gasteiger partial charge on any atom is 0.312 e. The van der Waals surface area contributed by atoms with Crippen LogP contribution in [0.25, 0.3) is 0 Å². The van der Waals surface area contributed by atoms with E-state index >= 15 is 0 Å². The van der Waals surface area contributed by atoms with Gasteiger partial charge in [-0.25, -0.2) is 9.97 Å². The van der Waals surface area contributed by atoms with Crippen LogP contribution in [-0.2, 0) is 22.6 Å². The number of nitrogens with zero attached hydrogens (tertiary/aromatic N) is 4. The van der Waals surface area contributed by atoms with E-state index in [2.05, 4.69) is 9.97 Å². The fourth-order valence-corrected chi connectivity index (χ4v) is 5.43. The number of carboxylic acids is 1. The van der Waals surface area contributed by atoms with Crippen LogP contribution >= 0.6 is 0 Å². The lowest BCUT2D eigenvalue weighted by Gasteiger charge is -2.35. The summed E-state index contributed by atoms with van der Waals surface area (Å²) in [5, 5.41) is 9.87. The molecule has 0 radical (unpaired) electrons. The molecule has 8 heteroatoms. The molecule has 0 saturated carbocycles. The number of anilines is 1. The highest BCUT2D eigenvalue weighted by Crippen LogP contribution is 2.30. The topological polar surface area (TPSA) is 114 Å². The summed E-state index contributed by atoms with van der Waals surface area (Å²) in [6, 6.07) is 23.4.